The first-order valence-corrected chi connectivity index (χ1v) is 6.89. The van der Waals surface area contributed by atoms with Crippen LogP contribution in [-0.2, 0) is 0 Å². The van der Waals surface area contributed by atoms with Gasteiger partial charge in [-0.2, -0.15) is 0 Å². The number of carbonyl (C=O) groups is 1. The number of methoxy groups -OCH3 is 2. The number of rotatable bonds is 3. The number of hydrogen-bond acceptors (Lipinski definition) is 4. The zero-order valence-corrected chi connectivity index (χ0v) is 12.5. The molecule has 0 aliphatic carbocycles. The largest absolute Gasteiger partial charge is 0.493 e. The highest BCUT2D eigenvalue weighted by atomic mass is 32.1. The molecule has 6 heteroatoms. The van der Waals surface area contributed by atoms with Gasteiger partial charge in [0.1, 0.15) is 0 Å². The number of likely N-dealkylation sites (tertiary alicyclic amines) is 1. The van der Waals surface area contributed by atoms with Crippen LogP contribution in [0.5, 0.6) is 11.5 Å². The topological polar surface area (TPSA) is 50.8 Å². The van der Waals surface area contributed by atoms with Crippen molar-refractivity contribution >= 4 is 23.2 Å². The standard InChI is InChI=1S/C14H18N2O3S/c1-18-11-6-5-10(9-12(11)19-2)13(17)15-14(20)16-7-3-4-8-16/h5-6,9H,3-4,7-8H2,1-2H3,(H,15,17,20). The van der Waals surface area contributed by atoms with Crippen molar-refractivity contribution in [1.29, 1.82) is 0 Å². The second kappa shape index (κ2) is 6.56. The van der Waals surface area contributed by atoms with Crippen molar-refractivity contribution in [3.63, 3.8) is 0 Å². The van der Waals surface area contributed by atoms with Crippen molar-refractivity contribution in [2.75, 3.05) is 27.3 Å². The van der Waals surface area contributed by atoms with E-state index in [2.05, 4.69) is 5.32 Å². The summed E-state index contributed by atoms with van der Waals surface area (Å²) in [5.41, 5.74) is 0.490. The number of benzene rings is 1. The molecule has 1 amide bonds. The summed E-state index contributed by atoms with van der Waals surface area (Å²) in [7, 11) is 3.09. The summed E-state index contributed by atoms with van der Waals surface area (Å²) in [6.45, 7) is 1.82. The first kappa shape index (κ1) is 14.6. The van der Waals surface area contributed by atoms with Crippen molar-refractivity contribution < 1.29 is 14.3 Å². The molecular weight excluding hydrogens is 276 g/mol. The summed E-state index contributed by atoms with van der Waals surface area (Å²) in [4.78, 5) is 14.2. The zero-order chi connectivity index (χ0) is 14.5. The minimum absolute atomic E-state index is 0.233. The Bertz CT molecular complexity index is 513. The van der Waals surface area contributed by atoms with Gasteiger partial charge in [-0.05, 0) is 43.3 Å². The van der Waals surface area contributed by atoms with E-state index in [4.69, 9.17) is 21.7 Å². The van der Waals surface area contributed by atoms with Gasteiger partial charge in [0.25, 0.3) is 5.91 Å². The summed E-state index contributed by atoms with van der Waals surface area (Å²) in [6.07, 6.45) is 2.23. The molecule has 20 heavy (non-hydrogen) atoms. The van der Waals surface area contributed by atoms with E-state index >= 15 is 0 Å². The average Bonchev–Trinajstić information content (AvgIpc) is 3.00. The van der Waals surface area contributed by atoms with Gasteiger partial charge in [-0.3, -0.25) is 10.1 Å². The van der Waals surface area contributed by atoms with Crippen LogP contribution in [0.4, 0.5) is 0 Å². The molecule has 1 fully saturated rings. The number of hydrogen-bond donors (Lipinski definition) is 1. The Hall–Kier alpha value is -1.82. The van der Waals surface area contributed by atoms with Gasteiger partial charge < -0.3 is 14.4 Å². The fraction of sp³-hybridized carbons (Fsp3) is 0.429. The van der Waals surface area contributed by atoms with Crippen LogP contribution < -0.4 is 14.8 Å². The number of thiocarbonyl (C=S) groups is 1. The van der Waals surface area contributed by atoms with E-state index in [-0.39, 0.29) is 5.91 Å². The minimum atomic E-state index is -0.233. The molecule has 0 saturated carbocycles. The molecule has 1 aromatic rings. The van der Waals surface area contributed by atoms with Crippen molar-refractivity contribution in [1.82, 2.24) is 10.2 Å². The van der Waals surface area contributed by atoms with Gasteiger partial charge in [-0.25, -0.2) is 0 Å². The molecule has 0 bridgehead atoms. The summed E-state index contributed by atoms with van der Waals surface area (Å²) in [5, 5.41) is 3.24. The van der Waals surface area contributed by atoms with Crippen LogP contribution in [0.1, 0.15) is 23.2 Å². The lowest BCUT2D eigenvalue weighted by atomic mass is 10.2. The van der Waals surface area contributed by atoms with Gasteiger partial charge in [0.2, 0.25) is 0 Å². The number of carbonyl (C=O) groups excluding carboxylic acids is 1. The molecule has 1 N–H and O–H groups in total. The summed E-state index contributed by atoms with van der Waals surface area (Å²) < 4.78 is 10.3. The van der Waals surface area contributed by atoms with E-state index < -0.39 is 0 Å². The predicted octanol–water partition coefficient (Wildman–Crippen LogP) is 1.81. The molecule has 5 nitrogen and oxygen atoms in total. The first-order chi connectivity index (χ1) is 9.65. The monoisotopic (exact) mass is 294 g/mol. The molecule has 1 aliphatic rings. The number of nitrogens with zero attached hydrogens (tertiary/aromatic N) is 1. The van der Waals surface area contributed by atoms with Gasteiger partial charge in [-0.15, -0.1) is 0 Å². The van der Waals surface area contributed by atoms with E-state index in [1.54, 1.807) is 25.3 Å². The quantitative estimate of drug-likeness (QED) is 0.862. The molecule has 0 aromatic heterocycles. The lowest BCUT2D eigenvalue weighted by Crippen LogP contribution is -2.41. The van der Waals surface area contributed by atoms with Crippen molar-refractivity contribution in [3.8, 4) is 11.5 Å². The molecule has 0 atom stereocenters. The molecule has 0 unspecified atom stereocenters. The third kappa shape index (κ3) is 3.19. The fourth-order valence-corrected chi connectivity index (χ4v) is 2.42. The second-order valence-corrected chi connectivity index (χ2v) is 4.91. The molecule has 1 saturated heterocycles. The molecular formula is C14H18N2O3S. The summed E-state index contributed by atoms with van der Waals surface area (Å²) in [5.74, 6) is 0.876. The van der Waals surface area contributed by atoms with Gasteiger partial charge in [-0.1, -0.05) is 0 Å². The lowest BCUT2D eigenvalue weighted by Gasteiger charge is -2.19. The Morgan fingerprint density at radius 1 is 1.20 bits per heavy atom. The van der Waals surface area contributed by atoms with E-state index in [0.29, 0.717) is 22.2 Å². The van der Waals surface area contributed by atoms with Gasteiger partial charge in [0.05, 0.1) is 14.2 Å². The van der Waals surface area contributed by atoms with Crippen LogP contribution in [0.2, 0.25) is 0 Å². The van der Waals surface area contributed by atoms with E-state index in [1.807, 2.05) is 4.90 Å². The van der Waals surface area contributed by atoms with Gasteiger partial charge in [0.15, 0.2) is 16.6 Å². The summed E-state index contributed by atoms with van der Waals surface area (Å²) in [6, 6.07) is 5.02. The molecule has 1 aliphatic heterocycles. The first-order valence-electron chi connectivity index (χ1n) is 6.48. The molecule has 2 rings (SSSR count). The molecule has 0 spiro atoms. The molecule has 108 valence electrons. The van der Waals surface area contributed by atoms with Crippen LogP contribution in [0.25, 0.3) is 0 Å². The lowest BCUT2D eigenvalue weighted by molar-refractivity contribution is 0.0973. The van der Waals surface area contributed by atoms with Crippen LogP contribution in [0.3, 0.4) is 0 Å². The third-order valence-corrected chi connectivity index (χ3v) is 3.62. The van der Waals surface area contributed by atoms with Crippen molar-refractivity contribution in [2.24, 2.45) is 0 Å². The molecule has 1 aromatic carbocycles. The second-order valence-electron chi connectivity index (χ2n) is 4.52. The van der Waals surface area contributed by atoms with E-state index in [9.17, 15) is 4.79 Å². The van der Waals surface area contributed by atoms with E-state index in [0.717, 1.165) is 25.9 Å². The predicted molar refractivity (Wildman–Crippen MR) is 80.4 cm³/mol. The minimum Gasteiger partial charge on any atom is -0.493 e. The molecule has 0 radical (unpaired) electrons. The Kier molecular flexibility index (Phi) is 4.79. The highest BCUT2D eigenvalue weighted by Crippen LogP contribution is 2.27. The summed E-state index contributed by atoms with van der Waals surface area (Å²) >= 11 is 5.24. The zero-order valence-electron chi connectivity index (χ0n) is 11.6. The highest BCUT2D eigenvalue weighted by Gasteiger charge is 2.18. The average molecular weight is 294 g/mol. The normalized spacial score (nSPS) is 14.0. The van der Waals surface area contributed by atoms with Crippen LogP contribution in [-0.4, -0.2) is 43.2 Å². The van der Waals surface area contributed by atoms with Crippen LogP contribution in [0.15, 0.2) is 18.2 Å². The number of ether oxygens (including phenoxy) is 2. The maximum atomic E-state index is 12.2. The maximum absolute atomic E-state index is 12.2. The van der Waals surface area contributed by atoms with Gasteiger partial charge >= 0.3 is 0 Å². The van der Waals surface area contributed by atoms with Gasteiger partial charge in [0, 0.05) is 18.7 Å². The Labute approximate surface area is 123 Å². The smallest absolute Gasteiger partial charge is 0.257 e. The SMILES string of the molecule is COc1ccc(C(=O)NC(=S)N2CCCC2)cc1OC. The number of amides is 1. The fourth-order valence-electron chi connectivity index (χ4n) is 2.15. The maximum Gasteiger partial charge on any atom is 0.257 e. The Morgan fingerprint density at radius 3 is 2.45 bits per heavy atom. The third-order valence-electron chi connectivity index (χ3n) is 3.26. The Morgan fingerprint density at radius 2 is 1.85 bits per heavy atom. The van der Waals surface area contributed by atoms with Crippen molar-refractivity contribution in [2.45, 2.75) is 12.8 Å². The number of nitrogens with one attached hydrogen (secondary N) is 1. The van der Waals surface area contributed by atoms with Crippen LogP contribution >= 0.6 is 12.2 Å². The Balaban J connectivity index is 2.06. The van der Waals surface area contributed by atoms with Crippen molar-refractivity contribution in [3.05, 3.63) is 23.8 Å². The molecule has 1 heterocycles. The highest BCUT2D eigenvalue weighted by molar-refractivity contribution is 7.80. The van der Waals surface area contributed by atoms with E-state index in [1.165, 1.54) is 7.11 Å². The van der Waals surface area contributed by atoms with Crippen LogP contribution in [0, 0.1) is 0 Å².